The number of hydrogen-bond acceptors (Lipinski definition) is 2. The van der Waals surface area contributed by atoms with Crippen LogP contribution in [0.25, 0.3) is 23.1 Å². The molecule has 204 valence electrons. The van der Waals surface area contributed by atoms with Gasteiger partial charge in [0.15, 0.2) is 0 Å². The van der Waals surface area contributed by atoms with Gasteiger partial charge >= 0.3 is 0 Å². The fourth-order valence-electron chi connectivity index (χ4n) is 5.62. The van der Waals surface area contributed by atoms with Crippen LogP contribution >= 0.6 is 15.9 Å². The predicted molar refractivity (Wildman–Crippen MR) is 173 cm³/mol. The third-order valence-electron chi connectivity index (χ3n) is 7.94. The number of benzene rings is 4. The zero-order chi connectivity index (χ0) is 28.6. The third-order valence-corrected chi connectivity index (χ3v) is 8.43. The number of rotatable bonds is 4. The van der Waals surface area contributed by atoms with Gasteiger partial charge in [-0.25, -0.2) is 4.98 Å². The van der Waals surface area contributed by atoms with E-state index in [9.17, 15) is 4.79 Å². The van der Waals surface area contributed by atoms with Crippen LogP contribution in [0.1, 0.15) is 70.7 Å². The van der Waals surface area contributed by atoms with Crippen LogP contribution < -0.4 is 0 Å². The monoisotopic (exact) mass is 600 g/mol. The second kappa shape index (κ2) is 11.1. The molecule has 1 aromatic heterocycles. The Morgan fingerprint density at radius 3 is 2.29 bits per heavy atom. The van der Waals surface area contributed by atoms with E-state index in [2.05, 4.69) is 103 Å². The quantitative estimate of drug-likeness (QED) is 0.206. The molecule has 3 nitrogen and oxygen atoms in total. The molecule has 0 aliphatic carbocycles. The molecular formula is C37H33BrN2O. The molecule has 1 atom stereocenters. The van der Waals surface area contributed by atoms with Crippen molar-refractivity contribution in [1.29, 1.82) is 0 Å². The first kappa shape index (κ1) is 27.2. The molecule has 0 bridgehead atoms. The minimum atomic E-state index is -0.0470. The van der Waals surface area contributed by atoms with Gasteiger partial charge in [0.05, 0.1) is 22.8 Å². The van der Waals surface area contributed by atoms with Gasteiger partial charge in [-0.1, -0.05) is 122 Å². The van der Waals surface area contributed by atoms with E-state index in [0.717, 1.165) is 38.6 Å². The predicted octanol–water partition coefficient (Wildman–Crippen LogP) is 9.40. The van der Waals surface area contributed by atoms with Gasteiger partial charge in [0.1, 0.15) is 0 Å². The number of hydrogen-bond donors (Lipinski definition) is 0. The van der Waals surface area contributed by atoms with Crippen molar-refractivity contribution in [2.24, 2.45) is 0 Å². The smallest absolute Gasteiger partial charge is 0.255 e. The van der Waals surface area contributed by atoms with Crippen molar-refractivity contribution >= 4 is 44.9 Å². The fraction of sp³-hybridized carbons (Fsp3) is 0.189. The summed E-state index contributed by atoms with van der Waals surface area (Å²) in [5, 5.41) is 0.849. The number of aromatic nitrogens is 1. The standard InChI is InChI=1S/C37H33BrN2O/c1-37(2,3)29-16-13-25(14-17-29)15-19-31-23-33(32-22-30(38)18-20-34(32)39-31)36(41)40-24-28-12-8-7-11-27(28)21-35(40)26-9-5-4-6-10-26/h4-20,22-23,35H,21,24H2,1-3H3/b19-15+. The summed E-state index contributed by atoms with van der Waals surface area (Å²) in [4.78, 5) is 21.5. The maximum absolute atomic E-state index is 14.5. The van der Waals surface area contributed by atoms with E-state index in [1.165, 1.54) is 16.7 Å². The highest BCUT2D eigenvalue weighted by atomic mass is 79.9. The van der Waals surface area contributed by atoms with Crippen LogP contribution in [0.15, 0.2) is 108 Å². The summed E-state index contributed by atoms with van der Waals surface area (Å²) in [6.07, 6.45) is 4.86. The zero-order valence-corrected chi connectivity index (χ0v) is 25.2. The van der Waals surface area contributed by atoms with Crippen molar-refractivity contribution < 1.29 is 4.79 Å². The van der Waals surface area contributed by atoms with Crippen LogP contribution in [0.3, 0.4) is 0 Å². The van der Waals surface area contributed by atoms with Crippen molar-refractivity contribution in [1.82, 2.24) is 9.88 Å². The molecule has 1 amide bonds. The lowest BCUT2D eigenvalue weighted by Gasteiger charge is -2.37. The molecule has 4 heteroatoms. The van der Waals surface area contributed by atoms with Gasteiger partial charge in [-0.3, -0.25) is 4.79 Å². The van der Waals surface area contributed by atoms with Gasteiger partial charge in [0, 0.05) is 16.4 Å². The van der Waals surface area contributed by atoms with Crippen molar-refractivity contribution in [3.63, 3.8) is 0 Å². The Bertz CT molecular complexity index is 1750. The van der Waals surface area contributed by atoms with Crippen LogP contribution in [0.4, 0.5) is 0 Å². The molecule has 1 unspecified atom stereocenters. The highest BCUT2D eigenvalue weighted by Crippen LogP contribution is 2.36. The lowest BCUT2D eigenvalue weighted by atomic mass is 9.87. The van der Waals surface area contributed by atoms with Gasteiger partial charge in [-0.15, -0.1) is 0 Å². The molecule has 0 saturated heterocycles. The van der Waals surface area contributed by atoms with Crippen LogP contribution in [-0.2, 0) is 18.4 Å². The average Bonchev–Trinajstić information content (AvgIpc) is 2.99. The van der Waals surface area contributed by atoms with Gasteiger partial charge in [-0.2, -0.15) is 0 Å². The van der Waals surface area contributed by atoms with E-state index in [0.29, 0.717) is 12.1 Å². The molecule has 6 rings (SSSR count). The summed E-state index contributed by atoms with van der Waals surface area (Å²) in [6, 6.07) is 35.3. The third kappa shape index (κ3) is 5.75. The first-order valence-corrected chi connectivity index (χ1v) is 14.9. The van der Waals surface area contributed by atoms with Crippen molar-refractivity contribution in [3.8, 4) is 0 Å². The SMILES string of the molecule is CC(C)(C)c1ccc(/C=C/c2cc(C(=O)N3Cc4ccccc4CC3c3ccccc3)c3cc(Br)ccc3n2)cc1. The van der Waals surface area contributed by atoms with Crippen molar-refractivity contribution in [2.75, 3.05) is 0 Å². The number of carbonyl (C=O) groups is 1. The van der Waals surface area contributed by atoms with Gasteiger partial charge in [0.2, 0.25) is 0 Å². The Balaban J connectivity index is 1.41. The van der Waals surface area contributed by atoms with Crippen LogP contribution in [-0.4, -0.2) is 15.8 Å². The molecule has 5 aromatic rings. The minimum absolute atomic E-state index is 0.0167. The Morgan fingerprint density at radius 2 is 1.56 bits per heavy atom. The minimum Gasteiger partial charge on any atom is -0.327 e. The topological polar surface area (TPSA) is 33.2 Å². The Hall–Kier alpha value is -4.02. The highest BCUT2D eigenvalue weighted by molar-refractivity contribution is 9.10. The largest absolute Gasteiger partial charge is 0.327 e. The van der Waals surface area contributed by atoms with E-state index in [1.54, 1.807) is 0 Å². The maximum atomic E-state index is 14.5. The first-order valence-electron chi connectivity index (χ1n) is 14.1. The maximum Gasteiger partial charge on any atom is 0.255 e. The lowest BCUT2D eigenvalue weighted by molar-refractivity contribution is 0.0640. The van der Waals surface area contributed by atoms with Gasteiger partial charge < -0.3 is 4.90 Å². The molecule has 4 aromatic carbocycles. The summed E-state index contributed by atoms with van der Waals surface area (Å²) < 4.78 is 0.923. The summed E-state index contributed by atoms with van der Waals surface area (Å²) in [5.74, 6) is 0.0167. The van der Waals surface area contributed by atoms with E-state index in [-0.39, 0.29) is 17.4 Å². The van der Waals surface area contributed by atoms with E-state index in [1.807, 2.05) is 53.4 Å². The van der Waals surface area contributed by atoms with Crippen LogP contribution in [0.5, 0.6) is 0 Å². The number of nitrogens with zero attached hydrogens (tertiary/aromatic N) is 2. The number of amides is 1. The molecule has 41 heavy (non-hydrogen) atoms. The summed E-state index contributed by atoms with van der Waals surface area (Å²) in [6.45, 7) is 7.22. The Kier molecular flexibility index (Phi) is 7.35. The van der Waals surface area contributed by atoms with Crippen LogP contribution in [0.2, 0.25) is 0 Å². The normalized spacial score (nSPS) is 15.3. The number of fused-ring (bicyclic) bond motifs is 2. The second-order valence-corrected chi connectivity index (χ2v) is 12.7. The lowest BCUT2D eigenvalue weighted by Crippen LogP contribution is -2.39. The van der Waals surface area contributed by atoms with Gasteiger partial charge in [0.25, 0.3) is 5.91 Å². The molecule has 0 spiro atoms. The summed E-state index contributed by atoms with van der Waals surface area (Å²) in [7, 11) is 0. The van der Waals surface area contributed by atoms with Crippen LogP contribution in [0, 0.1) is 0 Å². The molecule has 0 fully saturated rings. The molecule has 0 radical (unpaired) electrons. The molecular weight excluding hydrogens is 568 g/mol. The fourth-order valence-corrected chi connectivity index (χ4v) is 5.98. The number of halogens is 1. The van der Waals surface area contributed by atoms with E-state index in [4.69, 9.17) is 4.98 Å². The summed E-state index contributed by atoms with van der Waals surface area (Å²) in [5.41, 5.74) is 8.38. The Morgan fingerprint density at radius 1 is 0.854 bits per heavy atom. The number of carbonyl (C=O) groups excluding carboxylic acids is 1. The number of pyridine rings is 1. The van der Waals surface area contributed by atoms with Crippen molar-refractivity contribution in [2.45, 2.75) is 45.2 Å². The average molecular weight is 602 g/mol. The molecule has 0 N–H and O–H groups in total. The molecule has 1 aliphatic heterocycles. The summed E-state index contributed by atoms with van der Waals surface area (Å²) >= 11 is 3.61. The molecule has 2 heterocycles. The van der Waals surface area contributed by atoms with E-state index < -0.39 is 0 Å². The zero-order valence-electron chi connectivity index (χ0n) is 23.6. The first-order chi connectivity index (χ1) is 19.8. The second-order valence-electron chi connectivity index (χ2n) is 11.8. The van der Waals surface area contributed by atoms with Crippen molar-refractivity contribution in [3.05, 3.63) is 147 Å². The molecule has 0 saturated carbocycles. The van der Waals surface area contributed by atoms with E-state index >= 15 is 0 Å². The highest BCUT2D eigenvalue weighted by Gasteiger charge is 2.32. The Labute approximate surface area is 250 Å². The molecule has 1 aliphatic rings. The van der Waals surface area contributed by atoms with Gasteiger partial charge in [-0.05, 0) is 70.0 Å².